The summed E-state index contributed by atoms with van der Waals surface area (Å²) in [6.07, 6.45) is 0. The maximum Gasteiger partial charge on any atom is 0.323 e. The molecule has 3 aromatic rings. The quantitative estimate of drug-likeness (QED) is 0.709. The largest absolute Gasteiger partial charge is 0.323 e. The van der Waals surface area contributed by atoms with Crippen LogP contribution in [0, 0.1) is 20.8 Å². The molecular weight excluding hydrogens is 264 g/mol. The van der Waals surface area contributed by atoms with E-state index in [9.17, 15) is 9.59 Å². The molecule has 106 valence electrons. The Bertz CT molecular complexity index is 893. The molecule has 0 unspecified atom stereocenters. The first-order valence-electron chi connectivity index (χ1n) is 6.80. The third-order valence-corrected chi connectivity index (χ3v) is 3.68. The van der Waals surface area contributed by atoms with Crippen LogP contribution in [-0.4, -0.2) is 15.8 Å². The van der Waals surface area contributed by atoms with Crippen molar-refractivity contribution in [1.29, 1.82) is 0 Å². The lowest BCUT2D eigenvalue weighted by atomic mass is 9.93. The zero-order valence-corrected chi connectivity index (χ0v) is 12.2. The average Bonchev–Trinajstić information content (AvgIpc) is 2.76. The number of carbonyl (C=O) groups is 1. The Labute approximate surface area is 121 Å². The van der Waals surface area contributed by atoms with Gasteiger partial charge in [0.15, 0.2) is 5.78 Å². The number of benzene rings is 2. The summed E-state index contributed by atoms with van der Waals surface area (Å²) in [6.45, 7) is 5.92. The molecule has 0 aliphatic rings. The summed E-state index contributed by atoms with van der Waals surface area (Å²) < 4.78 is 0. The second-order valence-corrected chi connectivity index (χ2v) is 5.44. The molecule has 0 spiro atoms. The van der Waals surface area contributed by atoms with Crippen molar-refractivity contribution in [2.75, 3.05) is 0 Å². The minimum absolute atomic E-state index is 0.0195. The number of aryl methyl sites for hydroxylation is 3. The Morgan fingerprint density at radius 2 is 1.52 bits per heavy atom. The van der Waals surface area contributed by atoms with Gasteiger partial charge in [0, 0.05) is 11.1 Å². The van der Waals surface area contributed by atoms with Gasteiger partial charge in [0.25, 0.3) is 0 Å². The first-order valence-corrected chi connectivity index (χ1v) is 6.80. The molecule has 3 rings (SSSR count). The molecule has 4 nitrogen and oxygen atoms in total. The van der Waals surface area contributed by atoms with E-state index in [0.717, 1.165) is 22.3 Å². The van der Waals surface area contributed by atoms with Crippen molar-refractivity contribution in [2.45, 2.75) is 20.8 Å². The molecule has 1 aromatic heterocycles. The van der Waals surface area contributed by atoms with E-state index in [4.69, 9.17) is 0 Å². The molecule has 1 heterocycles. The van der Waals surface area contributed by atoms with Crippen molar-refractivity contribution in [1.82, 2.24) is 9.97 Å². The minimum Gasteiger partial charge on any atom is -0.306 e. The molecular formula is C17H16N2O2. The monoisotopic (exact) mass is 280 g/mol. The molecule has 0 saturated heterocycles. The number of hydrogen-bond donors (Lipinski definition) is 2. The maximum absolute atomic E-state index is 12.7. The van der Waals surface area contributed by atoms with Gasteiger partial charge in [0.1, 0.15) is 0 Å². The van der Waals surface area contributed by atoms with E-state index in [1.54, 1.807) is 18.2 Å². The number of ketones is 1. The number of hydrogen-bond acceptors (Lipinski definition) is 2. The minimum atomic E-state index is -0.266. The normalized spacial score (nSPS) is 11.0. The van der Waals surface area contributed by atoms with Crippen LogP contribution in [0.25, 0.3) is 11.0 Å². The third kappa shape index (κ3) is 2.29. The summed E-state index contributed by atoms with van der Waals surface area (Å²) in [5.41, 5.74) is 5.48. The van der Waals surface area contributed by atoms with Crippen LogP contribution in [0.5, 0.6) is 0 Å². The molecule has 0 saturated carbocycles. The van der Waals surface area contributed by atoms with E-state index < -0.39 is 0 Å². The van der Waals surface area contributed by atoms with E-state index in [-0.39, 0.29) is 11.5 Å². The van der Waals surface area contributed by atoms with Gasteiger partial charge in [0.2, 0.25) is 0 Å². The molecule has 0 aliphatic carbocycles. The van der Waals surface area contributed by atoms with E-state index in [2.05, 4.69) is 9.97 Å². The average molecular weight is 280 g/mol. The Morgan fingerprint density at radius 1 is 0.905 bits per heavy atom. The van der Waals surface area contributed by atoms with Crippen LogP contribution in [0.4, 0.5) is 0 Å². The molecule has 0 aliphatic heterocycles. The van der Waals surface area contributed by atoms with E-state index in [1.807, 2.05) is 32.9 Å². The number of fused-ring (bicyclic) bond motifs is 1. The molecule has 2 N–H and O–H groups in total. The van der Waals surface area contributed by atoms with Gasteiger partial charge < -0.3 is 9.97 Å². The lowest BCUT2D eigenvalue weighted by Gasteiger charge is -2.10. The van der Waals surface area contributed by atoms with Crippen LogP contribution >= 0.6 is 0 Å². The maximum atomic E-state index is 12.7. The van der Waals surface area contributed by atoms with Crippen molar-refractivity contribution in [3.63, 3.8) is 0 Å². The summed E-state index contributed by atoms with van der Waals surface area (Å²) in [6, 6.07) is 9.23. The number of imidazole rings is 1. The number of carbonyl (C=O) groups excluding carboxylic acids is 1. The highest BCUT2D eigenvalue weighted by atomic mass is 16.1. The van der Waals surface area contributed by atoms with Gasteiger partial charge in [-0.15, -0.1) is 0 Å². The Morgan fingerprint density at radius 3 is 2.19 bits per heavy atom. The van der Waals surface area contributed by atoms with Crippen molar-refractivity contribution >= 4 is 16.8 Å². The summed E-state index contributed by atoms with van der Waals surface area (Å²) >= 11 is 0. The SMILES string of the molecule is Cc1cc(C)c(C(=O)c2ccc3[nH]c(=O)[nH]c3c2)c(C)c1. The first kappa shape index (κ1) is 13.4. The fourth-order valence-electron chi connectivity index (χ4n) is 2.86. The number of rotatable bonds is 2. The fourth-order valence-corrected chi connectivity index (χ4v) is 2.86. The molecule has 0 amide bonds. The number of aromatic nitrogens is 2. The molecule has 0 bridgehead atoms. The lowest BCUT2D eigenvalue weighted by molar-refractivity contribution is 0.103. The molecule has 0 radical (unpaired) electrons. The number of H-pyrrole nitrogens is 2. The van der Waals surface area contributed by atoms with Crippen LogP contribution in [0.1, 0.15) is 32.6 Å². The van der Waals surface area contributed by atoms with Gasteiger partial charge in [-0.05, 0) is 50.1 Å². The molecule has 21 heavy (non-hydrogen) atoms. The van der Waals surface area contributed by atoms with E-state index in [1.165, 1.54) is 0 Å². The van der Waals surface area contributed by atoms with Crippen LogP contribution in [-0.2, 0) is 0 Å². The Hall–Kier alpha value is -2.62. The van der Waals surface area contributed by atoms with Crippen LogP contribution in [0.15, 0.2) is 35.1 Å². The van der Waals surface area contributed by atoms with Crippen molar-refractivity contribution in [3.05, 3.63) is 68.6 Å². The van der Waals surface area contributed by atoms with Crippen LogP contribution in [0.2, 0.25) is 0 Å². The summed E-state index contributed by atoms with van der Waals surface area (Å²) in [5, 5.41) is 0. The third-order valence-electron chi connectivity index (χ3n) is 3.68. The van der Waals surface area contributed by atoms with Gasteiger partial charge in [-0.1, -0.05) is 17.7 Å². The van der Waals surface area contributed by atoms with Crippen molar-refractivity contribution in [3.8, 4) is 0 Å². The van der Waals surface area contributed by atoms with Crippen LogP contribution < -0.4 is 5.69 Å². The topological polar surface area (TPSA) is 65.7 Å². The summed E-state index contributed by atoms with van der Waals surface area (Å²) in [5.74, 6) is -0.0195. The highest BCUT2D eigenvalue weighted by Crippen LogP contribution is 2.21. The standard InChI is InChI=1S/C17H16N2O2/c1-9-6-10(2)15(11(3)7-9)16(20)12-4-5-13-14(8-12)19-17(21)18-13/h4-8H,1-3H3,(H2,18,19,21). The van der Waals surface area contributed by atoms with E-state index in [0.29, 0.717) is 16.6 Å². The van der Waals surface area contributed by atoms with Gasteiger partial charge in [-0.25, -0.2) is 4.79 Å². The fraction of sp³-hybridized carbons (Fsp3) is 0.176. The Kier molecular flexibility index (Phi) is 3.01. The highest BCUT2D eigenvalue weighted by Gasteiger charge is 2.15. The Balaban J connectivity index is 2.14. The number of aromatic amines is 2. The van der Waals surface area contributed by atoms with Crippen LogP contribution in [0.3, 0.4) is 0 Å². The molecule has 0 atom stereocenters. The highest BCUT2D eigenvalue weighted by molar-refractivity contribution is 6.12. The summed E-state index contributed by atoms with van der Waals surface area (Å²) in [4.78, 5) is 29.4. The predicted octanol–water partition coefficient (Wildman–Crippen LogP) is 3.01. The summed E-state index contributed by atoms with van der Waals surface area (Å²) in [7, 11) is 0. The zero-order chi connectivity index (χ0) is 15.1. The predicted molar refractivity (Wildman–Crippen MR) is 83.0 cm³/mol. The van der Waals surface area contributed by atoms with E-state index >= 15 is 0 Å². The second kappa shape index (κ2) is 4.74. The van der Waals surface area contributed by atoms with Gasteiger partial charge in [-0.2, -0.15) is 0 Å². The second-order valence-electron chi connectivity index (χ2n) is 5.44. The smallest absolute Gasteiger partial charge is 0.306 e. The number of nitrogens with one attached hydrogen (secondary N) is 2. The van der Waals surface area contributed by atoms with Gasteiger partial charge in [-0.3, -0.25) is 4.79 Å². The zero-order valence-electron chi connectivity index (χ0n) is 12.2. The molecule has 2 aromatic carbocycles. The van der Waals surface area contributed by atoms with Gasteiger partial charge >= 0.3 is 5.69 Å². The molecule has 4 heteroatoms. The molecule has 0 fully saturated rings. The van der Waals surface area contributed by atoms with Crippen molar-refractivity contribution in [2.24, 2.45) is 0 Å². The first-order chi connectivity index (χ1) is 9.95. The lowest BCUT2D eigenvalue weighted by Crippen LogP contribution is -2.06. The van der Waals surface area contributed by atoms with Gasteiger partial charge in [0.05, 0.1) is 11.0 Å². The van der Waals surface area contributed by atoms with Crippen molar-refractivity contribution < 1.29 is 4.79 Å².